The summed E-state index contributed by atoms with van der Waals surface area (Å²) in [6.45, 7) is 6.35. The standard InChI is InChI=1S/C19H30N4O2S/c1-13(2)26(24,25)12-8-4-7-11-23-14(3)21-17-18(23)15-9-5-6-10-16(15)22-19(17)20/h13H,4-12H2,1-3H3,(H2,20,22). The molecule has 0 spiro atoms. The van der Waals surface area contributed by atoms with Crippen LogP contribution in [-0.4, -0.2) is 34.0 Å². The highest BCUT2D eigenvalue weighted by Crippen LogP contribution is 2.31. The van der Waals surface area contributed by atoms with Crippen molar-refractivity contribution in [1.29, 1.82) is 0 Å². The van der Waals surface area contributed by atoms with Gasteiger partial charge in [0.15, 0.2) is 15.7 Å². The van der Waals surface area contributed by atoms with Crippen LogP contribution in [0.3, 0.4) is 0 Å². The summed E-state index contributed by atoms with van der Waals surface area (Å²) in [7, 11) is -2.94. The van der Waals surface area contributed by atoms with Crippen molar-refractivity contribution >= 4 is 26.7 Å². The zero-order valence-corrected chi connectivity index (χ0v) is 16.9. The van der Waals surface area contributed by atoms with Gasteiger partial charge in [-0.1, -0.05) is 6.42 Å². The lowest BCUT2D eigenvalue weighted by Gasteiger charge is -2.18. The van der Waals surface area contributed by atoms with Crippen molar-refractivity contribution in [1.82, 2.24) is 14.5 Å². The van der Waals surface area contributed by atoms with Crippen molar-refractivity contribution < 1.29 is 8.42 Å². The first kappa shape index (κ1) is 19.1. The third-order valence-corrected chi connectivity index (χ3v) is 7.70. The Labute approximate surface area is 156 Å². The number of imidazole rings is 1. The predicted molar refractivity (Wildman–Crippen MR) is 106 cm³/mol. The van der Waals surface area contributed by atoms with E-state index in [9.17, 15) is 8.42 Å². The number of aryl methyl sites for hydroxylation is 4. The lowest BCUT2D eigenvalue weighted by Crippen LogP contribution is -2.17. The number of nitrogens with zero attached hydrogens (tertiary/aromatic N) is 3. The van der Waals surface area contributed by atoms with Crippen LogP contribution in [0.1, 0.15) is 63.0 Å². The molecule has 2 aromatic rings. The molecular weight excluding hydrogens is 348 g/mol. The van der Waals surface area contributed by atoms with Gasteiger partial charge in [-0.05, 0) is 64.9 Å². The monoisotopic (exact) mass is 378 g/mol. The molecule has 0 amide bonds. The van der Waals surface area contributed by atoms with E-state index in [2.05, 4.69) is 14.5 Å². The number of aromatic nitrogens is 3. The van der Waals surface area contributed by atoms with Crippen LogP contribution in [0.25, 0.3) is 11.0 Å². The Morgan fingerprint density at radius 2 is 1.85 bits per heavy atom. The molecule has 6 nitrogen and oxygen atoms in total. The summed E-state index contributed by atoms with van der Waals surface area (Å²) >= 11 is 0. The second kappa shape index (κ2) is 7.55. The van der Waals surface area contributed by atoms with E-state index in [0.29, 0.717) is 12.2 Å². The Kier molecular flexibility index (Phi) is 5.55. The maximum absolute atomic E-state index is 11.9. The zero-order valence-electron chi connectivity index (χ0n) is 16.1. The number of nitrogens with two attached hydrogens (primary N) is 1. The summed E-state index contributed by atoms with van der Waals surface area (Å²) in [6.07, 6.45) is 6.94. The van der Waals surface area contributed by atoms with Crippen molar-refractivity contribution in [2.45, 2.75) is 77.5 Å². The maximum Gasteiger partial charge on any atom is 0.152 e. The SMILES string of the molecule is Cc1nc2c(N)nc3c(c2n1CCCCCS(=O)(=O)C(C)C)CCCC3. The van der Waals surface area contributed by atoms with Gasteiger partial charge in [0.25, 0.3) is 0 Å². The number of hydrogen-bond acceptors (Lipinski definition) is 5. The number of unbranched alkanes of at least 4 members (excludes halogenated alkanes) is 2. The zero-order chi connectivity index (χ0) is 18.9. The normalized spacial score (nSPS) is 14.9. The first-order chi connectivity index (χ1) is 12.3. The highest BCUT2D eigenvalue weighted by molar-refractivity contribution is 7.91. The molecule has 2 N–H and O–H groups in total. The molecule has 0 saturated heterocycles. The minimum atomic E-state index is -2.94. The highest BCUT2D eigenvalue weighted by Gasteiger charge is 2.21. The fourth-order valence-corrected chi connectivity index (χ4v) is 4.85. The molecule has 0 radical (unpaired) electrons. The lowest BCUT2D eigenvalue weighted by atomic mass is 9.95. The third-order valence-electron chi connectivity index (χ3n) is 5.41. The van der Waals surface area contributed by atoms with Crippen molar-refractivity contribution in [3.8, 4) is 0 Å². The van der Waals surface area contributed by atoms with Crippen LogP contribution in [0.15, 0.2) is 0 Å². The molecule has 3 rings (SSSR count). The minimum Gasteiger partial charge on any atom is -0.382 e. The quantitative estimate of drug-likeness (QED) is 0.747. The molecule has 2 heterocycles. The largest absolute Gasteiger partial charge is 0.382 e. The van der Waals surface area contributed by atoms with Crippen molar-refractivity contribution in [3.63, 3.8) is 0 Å². The number of sulfone groups is 1. The van der Waals surface area contributed by atoms with Crippen LogP contribution >= 0.6 is 0 Å². The summed E-state index contributed by atoms with van der Waals surface area (Å²) in [5.74, 6) is 1.77. The second-order valence-electron chi connectivity index (χ2n) is 7.61. The van der Waals surface area contributed by atoms with Crippen LogP contribution in [0, 0.1) is 6.92 Å². The van der Waals surface area contributed by atoms with Gasteiger partial charge in [0, 0.05) is 12.2 Å². The van der Waals surface area contributed by atoms with Gasteiger partial charge in [-0.3, -0.25) is 0 Å². The predicted octanol–water partition coefficient (Wildman–Crippen LogP) is 3.19. The molecule has 0 atom stereocenters. The molecule has 144 valence electrons. The van der Waals surface area contributed by atoms with Crippen LogP contribution < -0.4 is 5.73 Å². The van der Waals surface area contributed by atoms with Gasteiger partial charge in [0.1, 0.15) is 11.3 Å². The first-order valence-electron chi connectivity index (χ1n) is 9.67. The summed E-state index contributed by atoms with van der Waals surface area (Å²) in [5.41, 5.74) is 10.6. The highest BCUT2D eigenvalue weighted by atomic mass is 32.2. The Morgan fingerprint density at radius 1 is 1.12 bits per heavy atom. The van der Waals surface area contributed by atoms with E-state index in [1.807, 2.05) is 6.92 Å². The van der Waals surface area contributed by atoms with E-state index in [4.69, 9.17) is 5.73 Å². The molecule has 0 unspecified atom stereocenters. The minimum absolute atomic E-state index is 0.278. The Balaban J connectivity index is 1.74. The topological polar surface area (TPSA) is 90.9 Å². The van der Waals surface area contributed by atoms with E-state index < -0.39 is 9.84 Å². The van der Waals surface area contributed by atoms with Gasteiger partial charge < -0.3 is 10.3 Å². The van der Waals surface area contributed by atoms with Gasteiger partial charge in [0.2, 0.25) is 0 Å². The van der Waals surface area contributed by atoms with E-state index in [1.54, 1.807) is 13.8 Å². The van der Waals surface area contributed by atoms with Crippen LogP contribution in [-0.2, 0) is 29.2 Å². The number of fused-ring (bicyclic) bond motifs is 3. The molecular formula is C19H30N4O2S. The van der Waals surface area contributed by atoms with Crippen molar-refractivity contribution in [2.24, 2.45) is 0 Å². The van der Waals surface area contributed by atoms with Crippen molar-refractivity contribution in [3.05, 3.63) is 17.1 Å². The molecule has 0 aliphatic heterocycles. The van der Waals surface area contributed by atoms with Crippen LogP contribution in [0.2, 0.25) is 0 Å². The number of hydrogen-bond donors (Lipinski definition) is 1. The molecule has 0 saturated carbocycles. The fourth-order valence-electron chi connectivity index (χ4n) is 3.77. The van der Waals surface area contributed by atoms with E-state index in [1.165, 1.54) is 18.4 Å². The van der Waals surface area contributed by atoms with Crippen LogP contribution in [0.5, 0.6) is 0 Å². The smallest absolute Gasteiger partial charge is 0.152 e. The lowest BCUT2D eigenvalue weighted by molar-refractivity contribution is 0.570. The van der Waals surface area contributed by atoms with Gasteiger partial charge >= 0.3 is 0 Å². The molecule has 0 bridgehead atoms. The Bertz CT molecular complexity index is 900. The summed E-state index contributed by atoms with van der Waals surface area (Å²) < 4.78 is 26.1. The van der Waals surface area contributed by atoms with E-state index >= 15 is 0 Å². The Morgan fingerprint density at radius 3 is 2.58 bits per heavy atom. The van der Waals surface area contributed by atoms with Gasteiger partial charge in [0.05, 0.1) is 16.5 Å². The molecule has 0 fully saturated rings. The first-order valence-corrected chi connectivity index (χ1v) is 11.4. The van der Waals surface area contributed by atoms with Crippen LogP contribution in [0.4, 0.5) is 5.82 Å². The van der Waals surface area contributed by atoms with Gasteiger partial charge in [-0.25, -0.2) is 18.4 Å². The van der Waals surface area contributed by atoms with Gasteiger partial charge in [-0.2, -0.15) is 0 Å². The third kappa shape index (κ3) is 3.72. The molecule has 0 aromatic carbocycles. The molecule has 26 heavy (non-hydrogen) atoms. The number of pyridine rings is 1. The molecule has 1 aliphatic rings. The summed E-state index contributed by atoms with van der Waals surface area (Å²) in [6, 6.07) is 0. The Hall–Kier alpha value is -1.63. The average Bonchev–Trinajstić information content (AvgIpc) is 2.92. The molecule has 2 aromatic heterocycles. The number of anilines is 1. The van der Waals surface area contributed by atoms with E-state index in [0.717, 1.165) is 54.8 Å². The molecule has 7 heteroatoms. The summed E-state index contributed by atoms with van der Waals surface area (Å²) in [5, 5.41) is -0.288. The maximum atomic E-state index is 11.9. The number of rotatable bonds is 7. The second-order valence-corrected chi connectivity index (χ2v) is 10.3. The van der Waals surface area contributed by atoms with Gasteiger partial charge in [-0.15, -0.1) is 0 Å². The summed E-state index contributed by atoms with van der Waals surface area (Å²) in [4.78, 5) is 9.25. The average molecular weight is 379 g/mol. The van der Waals surface area contributed by atoms with Crippen molar-refractivity contribution in [2.75, 3.05) is 11.5 Å². The molecule has 1 aliphatic carbocycles. The fraction of sp³-hybridized carbons (Fsp3) is 0.684. The number of nitrogen functional groups attached to an aromatic ring is 1. The van der Waals surface area contributed by atoms with E-state index in [-0.39, 0.29) is 11.0 Å².